The number of dihydropyridines is 1. The number of halogens is 1. The fourth-order valence-electron chi connectivity index (χ4n) is 5.09. The minimum absolute atomic E-state index is 0. The zero-order valence-corrected chi connectivity index (χ0v) is 23.3. The van der Waals surface area contributed by atoms with Crippen LogP contribution in [-0.4, -0.2) is 58.5 Å². The fraction of sp³-hybridized carbons (Fsp3) is 0.536. The summed E-state index contributed by atoms with van der Waals surface area (Å²) in [5.74, 6) is 1.14. The van der Waals surface area contributed by atoms with Gasteiger partial charge in [0.25, 0.3) is 0 Å². The van der Waals surface area contributed by atoms with Crippen LogP contribution in [0.25, 0.3) is 5.57 Å². The van der Waals surface area contributed by atoms with E-state index >= 15 is 0 Å². The number of nitrogens with one attached hydrogen (secondary N) is 2. The van der Waals surface area contributed by atoms with Crippen molar-refractivity contribution in [1.29, 1.82) is 0 Å². The van der Waals surface area contributed by atoms with Crippen molar-refractivity contribution in [3.63, 3.8) is 0 Å². The van der Waals surface area contributed by atoms with Gasteiger partial charge in [0.05, 0.1) is 5.69 Å². The molecule has 3 heterocycles. The van der Waals surface area contributed by atoms with Crippen molar-refractivity contribution in [2.24, 2.45) is 11.3 Å². The number of likely N-dealkylation sites (tertiary alicyclic amines) is 1. The lowest BCUT2D eigenvalue weighted by atomic mass is 9.70. The number of nitrogens with zero attached hydrogens (tertiary/aromatic N) is 2. The first-order valence-corrected chi connectivity index (χ1v) is 13.3. The standard InChI is InChI=1S/C27H37ClN4S.CH4.3H2O/c1-19(2)25(30-15-23-17-33-26(31-23)21-6-5-12-29-14-21)16-32-13-11-24(27(3,4)18-32)20-7-9-22(28)10-8-20;;;;/h5-10,14,17,19,24-25,29-30H,11-13,15-16,18H2,1-4H3;1H4;3*1H2/t24-,25+;;;;/m1..../s1. The molecule has 7 nitrogen and oxygen atoms in total. The SMILES string of the molecule is C.CC(C)[C@H](CN1CC[C@H](c2ccc(Cl)cc2)C(C)(C)C1)NCc1csc(C2=CNCC=C2)n1.O.O.O. The number of aromatic nitrogens is 1. The van der Waals surface area contributed by atoms with Crippen LogP contribution in [0.5, 0.6) is 0 Å². The first-order valence-electron chi connectivity index (χ1n) is 12.1. The molecule has 1 saturated heterocycles. The smallest absolute Gasteiger partial charge is 0.125 e. The summed E-state index contributed by atoms with van der Waals surface area (Å²) in [6, 6.07) is 8.91. The number of hydrogen-bond acceptors (Lipinski definition) is 5. The maximum Gasteiger partial charge on any atom is 0.125 e. The van der Waals surface area contributed by atoms with E-state index in [0.29, 0.717) is 17.9 Å². The molecule has 0 aliphatic carbocycles. The van der Waals surface area contributed by atoms with Crippen molar-refractivity contribution in [1.82, 2.24) is 20.5 Å². The average molecular weight is 555 g/mol. The Labute approximate surface area is 232 Å². The highest BCUT2D eigenvalue weighted by atomic mass is 35.5. The number of thiazole rings is 1. The second-order valence-electron chi connectivity index (χ2n) is 10.4. The Morgan fingerprint density at radius 2 is 1.89 bits per heavy atom. The molecule has 2 aromatic rings. The van der Waals surface area contributed by atoms with Crippen LogP contribution >= 0.6 is 22.9 Å². The van der Waals surface area contributed by atoms with Crippen molar-refractivity contribution in [2.45, 2.75) is 60.0 Å². The number of hydrogen-bond donors (Lipinski definition) is 2. The van der Waals surface area contributed by atoms with Gasteiger partial charge >= 0.3 is 0 Å². The monoisotopic (exact) mass is 554 g/mol. The molecule has 2 atom stereocenters. The molecule has 4 rings (SSSR count). The fourth-order valence-corrected chi connectivity index (χ4v) is 6.03. The van der Waals surface area contributed by atoms with Crippen LogP contribution in [0.2, 0.25) is 5.02 Å². The van der Waals surface area contributed by atoms with Crippen molar-refractivity contribution in [3.8, 4) is 0 Å². The van der Waals surface area contributed by atoms with Crippen LogP contribution in [-0.2, 0) is 6.54 Å². The Hall–Kier alpha value is -1.78. The van der Waals surface area contributed by atoms with Gasteiger partial charge < -0.3 is 32.0 Å². The van der Waals surface area contributed by atoms with Gasteiger partial charge in [0.1, 0.15) is 5.01 Å². The predicted octanol–water partition coefficient (Wildman–Crippen LogP) is 4.09. The second kappa shape index (κ2) is 15.6. The number of benzene rings is 1. The maximum absolute atomic E-state index is 6.12. The average Bonchev–Trinajstić information content (AvgIpc) is 3.26. The molecule has 2 aliphatic rings. The minimum atomic E-state index is 0. The Kier molecular flexibility index (Phi) is 14.8. The van der Waals surface area contributed by atoms with Gasteiger partial charge in [0.2, 0.25) is 0 Å². The molecular weight excluding hydrogens is 508 g/mol. The Bertz CT molecular complexity index is 992. The molecule has 1 aromatic heterocycles. The molecule has 0 bridgehead atoms. The summed E-state index contributed by atoms with van der Waals surface area (Å²) in [6.45, 7) is 14.5. The van der Waals surface area contributed by atoms with E-state index < -0.39 is 0 Å². The highest BCUT2D eigenvalue weighted by molar-refractivity contribution is 7.10. The Balaban J connectivity index is 0.00000324. The van der Waals surface area contributed by atoms with Crippen molar-refractivity contribution < 1.29 is 16.4 Å². The van der Waals surface area contributed by atoms with Crippen molar-refractivity contribution >= 4 is 28.5 Å². The lowest BCUT2D eigenvalue weighted by Gasteiger charge is -2.46. The van der Waals surface area contributed by atoms with Crippen LogP contribution in [0.3, 0.4) is 0 Å². The van der Waals surface area contributed by atoms with E-state index in [0.717, 1.165) is 48.4 Å². The topological polar surface area (TPSA) is 135 Å². The molecule has 0 unspecified atom stereocenters. The van der Waals surface area contributed by atoms with E-state index in [2.05, 4.69) is 79.1 Å². The summed E-state index contributed by atoms with van der Waals surface area (Å²) in [5, 5.41) is 11.2. The van der Waals surface area contributed by atoms with Gasteiger partial charge in [-0.2, -0.15) is 0 Å². The van der Waals surface area contributed by atoms with E-state index in [4.69, 9.17) is 16.6 Å². The minimum Gasteiger partial charge on any atom is -0.412 e. The molecule has 1 fully saturated rings. The zero-order valence-electron chi connectivity index (χ0n) is 21.8. The predicted molar refractivity (Wildman–Crippen MR) is 159 cm³/mol. The third kappa shape index (κ3) is 9.18. The summed E-state index contributed by atoms with van der Waals surface area (Å²) < 4.78 is 0. The van der Waals surface area contributed by atoms with E-state index in [1.54, 1.807) is 11.3 Å². The Morgan fingerprint density at radius 1 is 1.19 bits per heavy atom. The van der Waals surface area contributed by atoms with Gasteiger partial charge in [-0.1, -0.05) is 71.0 Å². The molecule has 210 valence electrons. The number of piperidine rings is 1. The maximum atomic E-state index is 6.12. The molecule has 2 aliphatic heterocycles. The third-order valence-corrected chi connectivity index (χ3v) is 8.17. The Morgan fingerprint density at radius 3 is 2.49 bits per heavy atom. The number of rotatable bonds is 8. The molecule has 0 saturated carbocycles. The van der Waals surface area contributed by atoms with Crippen LogP contribution in [0.1, 0.15) is 63.7 Å². The van der Waals surface area contributed by atoms with Crippen LogP contribution in [0, 0.1) is 11.3 Å². The van der Waals surface area contributed by atoms with Crippen LogP contribution in [0.4, 0.5) is 0 Å². The van der Waals surface area contributed by atoms with Gasteiger partial charge in [-0.3, -0.25) is 0 Å². The first-order chi connectivity index (χ1) is 15.8. The van der Waals surface area contributed by atoms with Gasteiger partial charge in [-0.05, 0) is 47.9 Å². The molecule has 0 spiro atoms. The van der Waals surface area contributed by atoms with Crippen LogP contribution in [0.15, 0.2) is 48.0 Å². The summed E-state index contributed by atoms with van der Waals surface area (Å²) in [5.41, 5.74) is 3.94. The highest BCUT2D eigenvalue weighted by Crippen LogP contribution is 2.42. The summed E-state index contributed by atoms with van der Waals surface area (Å²) in [7, 11) is 0. The van der Waals surface area contributed by atoms with Crippen molar-refractivity contribution in [3.05, 3.63) is 69.3 Å². The van der Waals surface area contributed by atoms with E-state index in [9.17, 15) is 0 Å². The van der Waals surface area contributed by atoms with Gasteiger partial charge in [0, 0.05) is 54.4 Å². The largest absolute Gasteiger partial charge is 0.412 e. The van der Waals surface area contributed by atoms with Crippen LogP contribution < -0.4 is 10.6 Å². The summed E-state index contributed by atoms with van der Waals surface area (Å²) in [6.07, 6.45) is 7.54. The zero-order chi connectivity index (χ0) is 23.4. The van der Waals surface area contributed by atoms with Crippen molar-refractivity contribution in [2.75, 3.05) is 26.2 Å². The third-order valence-electron chi connectivity index (χ3n) is 6.98. The van der Waals surface area contributed by atoms with Gasteiger partial charge in [0.15, 0.2) is 0 Å². The molecule has 0 radical (unpaired) electrons. The highest BCUT2D eigenvalue weighted by Gasteiger charge is 2.37. The molecule has 1 aromatic carbocycles. The summed E-state index contributed by atoms with van der Waals surface area (Å²) in [4.78, 5) is 7.51. The normalized spacial score (nSPS) is 19.3. The quantitative estimate of drug-likeness (QED) is 0.508. The molecule has 8 N–H and O–H groups in total. The second-order valence-corrected chi connectivity index (χ2v) is 11.7. The molecular formula is C28H47ClN4O3S. The lowest BCUT2D eigenvalue weighted by Crippen LogP contribution is -2.51. The van der Waals surface area contributed by atoms with E-state index in [1.165, 1.54) is 17.6 Å². The van der Waals surface area contributed by atoms with Gasteiger partial charge in [-0.25, -0.2) is 4.98 Å². The molecule has 37 heavy (non-hydrogen) atoms. The molecule has 0 amide bonds. The first kappa shape index (κ1) is 35.2. The lowest BCUT2D eigenvalue weighted by molar-refractivity contribution is 0.0791. The van der Waals surface area contributed by atoms with Gasteiger partial charge in [-0.15, -0.1) is 11.3 Å². The van der Waals surface area contributed by atoms with E-state index in [-0.39, 0.29) is 29.3 Å². The number of allylic oxidation sites excluding steroid dienone is 2. The van der Waals surface area contributed by atoms with E-state index in [1.807, 2.05) is 12.1 Å². The molecule has 9 heteroatoms. The summed E-state index contributed by atoms with van der Waals surface area (Å²) >= 11 is 7.84.